The van der Waals surface area contributed by atoms with Crippen LogP contribution in [0.3, 0.4) is 0 Å². The van der Waals surface area contributed by atoms with E-state index in [0.717, 1.165) is 23.7 Å². The second kappa shape index (κ2) is 6.96. The Bertz CT molecular complexity index is 230. The van der Waals surface area contributed by atoms with Gasteiger partial charge in [-0.2, -0.15) is 0 Å². The molecule has 1 saturated carbocycles. The fourth-order valence-corrected chi connectivity index (χ4v) is 3.81. The molecular formula is C18H36. The van der Waals surface area contributed by atoms with Crippen LogP contribution in [0, 0.1) is 29.1 Å². The van der Waals surface area contributed by atoms with Crippen molar-refractivity contribution >= 4 is 0 Å². The van der Waals surface area contributed by atoms with E-state index in [1.165, 1.54) is 44.9 Å². The summed E-state index contributed by atoms with van der Waals surface area (Å²) in [6.45, 7) is 14.7. The van der Waals surface area contributed by atoms with Crippen molar-refractivity contribution in [2.45, 2.75) is 86.5 Å². The average molecular weight is 252 g/mol. The smallest absolute Gasteiger partial charge is 0.0292 e. The lowest BCUT2D eigenvalue weighted by molar-refractivity contribution is 0.214. The normalized spacial score (nSPS) is 32.0. The molecule has 108 valence electrons. The van der Waals surface area contributed by atoms with Crippen LogP contribution < -0.4 is 0 Å². The van der Waals surface area contributed by atoms with Gasteiger partial charge in [0.05, 0.1) is 0 Å². The van der Waals surface area contributed by atoms with Crippen molar-refractivity contribution in [3.05, 3.63) is 0 Å². The maximum Gasteiger partial charge on any atom is -0.0292 e. The molecule has 1 aliphatic rings. The first-order valence-electron chi connectivity index (χ1n) is 8.46. The van der Waals surface area contributed by atoms with Gasteiger partial charge in [-0.15, -0.1) is 0 Å². The van der Waals surface area contributed by atoms with Gasteiger partial charge in [0.15, 0.2) is 0 Å². The summed E-state index contributed by atoms with van der Waals surface area (Å²) >= 11 is 0. The van der Waals surface area contributed by atoms with Crippen molar-refractivity contribution in [3.8, 4) is 0 Å². The zero-order valence-corrected chi connectivity index (χ0v) is 13.8. The van der Waals surface area contributed by atoms with Crippen LogP contribution in [-0.4, -0.2) is 0 Å². The predicted molar refractivity (Wildman–Crippen MR) is 82.8 cm³/mol. The minimum atomic E-state index is 0.703. The summed E-state index contributed by atoms with van der Waals surface area (Å²) in [6.07, 6.45) is 9.95. The van der Waals surface area contributed by atoms with E-state index < -0.39 is 0 Å². The van der Waals surface area contributed by atoms with E-state index in [1.54, 1.807) is 0 Å². The second-order valence-corrected chi connectivity index (χ2v) is 7.41. The van der Waals surface area contributed by atoms with Gasteiger partial charge in [0.25, 0.3) is 0 Å². The molecule has 0 heteroatoms. The first kappa shape index (κ1) is 16.1. The first-order valence-corrected chi connectivity index (χ1v) is 8.46. The molecule has 1 fully saturated rings. The van der Waals surface area contributed by atoms with Crippen molar-refractivity contribution in [2.24, 2.45) is 29.1 Å². The van der Waals surface area contributed by atoms with E-state index in [2.05, 4.69) is 41.5 Å². The largest absolute Gasteiger partial charge is 0.0654 e. The molecule has 0 nitrogen and oxygen atoms in total. The summed E-state index contributed by atoms with van der Waals surface area (Å²) in [7, 11) is 0. The van der Waals surface area contributed by atoms with E-state index in [-0.39, 0.29) is 0 Å². The number of hydrogen-bond acceptors (Lipinski definition) is 0. The highest BCUT2D eigenvalue weighted by molar-refractivity contribution is 5.01. The first-order chi connectivity index (χ1) is 8.46. The van der Waals surface area contributed by atoms with Crippen LogP contribution in [-0.2, 0) is 0 Å². The molecule has 0 amide bonds. The SMILES string of the molecule is CCCCC(C)C(C)C(C)C1CC1(C)CCCC. The number of unbranched alkanes of at least 4 members (excludes halogenated alkanes) is 2. The lowest BCUT2D eigenvalue weighted by atomic mass is 9.78. The molecular weight excluding hydrogens is 216 g/mol. The van der Waals surface area contributed by atoms with Gasteiger partial charge in [-0.3, -0.25) is 0 Å². The molecule has 0 N–H and O–H groups in total. The highest BCUT2D eigenvalue weighted by atomic mass is 14.6. The van der Waals surface area contributed by atoms with Gasteiger partial charge >= 0.3 is 0 Å². The molecule has 5 unspecified atom stereocenters. The topological polar surface area (TPSA) is 0 Å². The third-order valence-corrected chi connectivity index (χ3v) is 5.90. The van der Waals surface area contributed by atoms with Crippen molar-refractivity contribution in [1.82, 2.24) is 0 Å². The van der Waals surface area contributed by atoms with Crippen LogP contribution in [0.15, 0.2) is 0 Å². The third-order valence-electron chi connectivity index (χ3n) is 5.90. The van der Waals surface area contributed by atoms with E-state index in [9.17, 15) is 0 Å². The van der Waals surface area contributed by atoms with Gasteiger partial charge in [0.1, 0.15) is 0 Å². The van der Waals surface area contributed by atoms with E-state index in [4.69, 9.17) is 0 Å². The lowest BCUT2D eigenvalue weighted by Crippen LogP contribution is -2.20. The van der Waals surface area contributed by atoms with Crippen molar-refractivity contribution in [2.75, 3.05) is 0 Å². The fraction of sp³-hybridized carbons (Fsp3) is 1.00. The molecule has 0 spiro atoms. The van der Waals surface area contributed by atoms with Crippen LogP contribution in [0.25, 0.3) is 0 Å². The highest BCUT2D eigenvalue weighted by Gasteiger charge is 2.52. The minimum absolute atomic E-state index is 0.703. The molecule has 0 aromatic rings. The van der Waals surface area contributed by atoms with Gasteiger partial charge in [0.2, 0.25) is 0 Å². The van der Waals surface area contributed by atoms with Gasteiger partial charge in [-0.1, -0.05) is 73.6 Å². The second-order valence-electron chi connectivity index (χ2n) is 7.41. The fourth-order valence-electron chi connectivity index (χ4n) is 3.81. The Morgan fingerprint density at radius 1 is 1.06 bits per heavy atom. The third kappa shape index (κ3) is 4.00. The van der Waals surface area contributed by atoms with E-state index in [1.807, 2.05) is 0 Å². The molecule has 5 atom stereocenters. The van der Waals surface area contributed by atoms with Crippen molar-refractivity contribution in [3.63, 3.8) is 0 Å². The zero-order chi connectivity index (χ0) is 13.8. The Labute approximate surface area is 116 Å². The molecule has 1 rings (SSSR count). The van der Waals surface area contributed by atoms with Crippen LogP contribution in [0.4, 0.5) is 0 Å². The summed E-state index contributed by atoms with van der Waals surface area (Å²) in [4.78, 5) is 0. The molecule has 0 saturated heterocycles. The Morgan fingerprint density at radius 3 is 2.22 bits per heavy atom. The van der Waals surface area contributed by atoms with Gasteiger partial charge in [0, 0.05) is 0 Å². The van der Waals surface area contributed by atoms with Crippen LogP contribution in [0.1, 0.15) is 86.5 Å². The Balaban J connectivity index is 2.38. The van der Waals surface area contributed by atoms with E-state index in [0.29, 0.717) is 5.41 Å². The minimum Gasteiger partial charge on any atom is -0.0654 e. The van der Waals surface area contributed by atoms with Crippen molar-refractivity contribution < 1.29 is 0 Å². The Hall–Kier alpha value is 0. The summed E-state index contributed by atoms with van der Waals surface area (Å²) in [5.74, 6) is 3.77. The zero-order valence-electron chi connectivity index (χ0n) is 13.8. The molecule has 0 radical (unpaired) electrons. The maximum atomic E-state index is 2.53. The summed E-state index contributed by atoms with van der Waals surface area (Å²) in [5, 5.41) is 0. The number of hydrogen-bond donors (Lipinski definition) is 0. The highest BCUT2D eigenvalue weighted by Crippen LogP contribution is 2.61. The molecule has 18 heavy (non-hydrogen) atoms. The van der Waals surface area contributed by atoms with Gasteiger partial charge < -0.3 is 0 Å². The van der Waals surface area contributed by atoms with Crippen LogP contribution in [0.5, 0.6) is 0 Å². The quantitative estimate of drug-likeness (QED) is 0.451. The Morgan fingerprint density at radius 2 is 1.67 bits per heavy atom. The van der Waals surface area contributed by atoms with Crippen LogP contribution in [0.2, 0.25) is 0 Å². The lowest BCUT2D eigenvalue weighted by Gasteiger charge is -2.28. The predicted octanol–water partition coefficient (Wildman–Crippen LogP) is 6.30. The molecule has 0 aromatic heterocycles. The van der Waals surface area contributed by atoms with Gasteiger partial charge in [-0.05, 0) is 41.9 Å². The molecule has 0 aliphatic heterocycles. The molecule has 0 bridgehead atoms. The summed E-state index contributed by atoms with van der Waals surface area (Å²) in [5.41, 5.74) is 0.703. The Kier molecular flexibility index (Phi) is 6.21. The average Bonchev–Trinajstić information content (AvgIpc) is 3.04. The summed E-state index contributed by atoms with van der Waals surface area (Å²) < 4.78 is 0. The molecule has 0 aromatic carbocycles. The maximum absolute atomic E-state index is 2.53. The van der Waals surface area contributed by atoms with Gasteiger partial charge in [-0.25, -0.2) is 0 Å². The summed E-state index contributed by atoms with van der Waals surface area (Å²) in [6, 6.07) is 0. The van der Waals surface area contributed by atoms with E-state index >= 15 is 0 Å². The monoisotopic (exact) mass is 252 g/mol. The standard InChI is InChI=1S/C18H36/c1-7-9-11-14(3)15(4)16(5)17-13-18(17,6)12-10-8-2/h14-17H,7-13H2,1-6H3. The number of rotatable bonds is 9. The van der Waals surface area contributed by atoms with Crippen molar-refractivity contribution in [1.29, 1.82) is 0 Å². The molecule has 0 heterocycles. The molecule has 1 aliphatic carbocycles. The van der Waals surface area contributed by atoms with Crippen LogP contribution >= 0.6 is 0 Å².